The van der Waals surface area contributed by atoms with Crippen molar-refractivity contribution >= 4 is 15.5 Å². The normalized spacial score (nSPS) is 23.3. The minimum atomic E-state index is -2.97. The Balaban J connectivity index is 2.23. The Labute approximate surface area is 113 Å². The van der Waals surface area contributed by atoms with Crippen molar-refractivity contribution in [1.29, 1.82) is 0 Å². The highest BCUT2D eigenvalue weighted by atomic mass is 32.2. The molecule has 0 spiro atoms. The van der Waals surface area contributed by atoms with Gasteiger partial charge >= 0.3 is 0 Å². The Morgan fingerprint density at radius 2 is 2.16 bits per heavy atom. The number of sulfone groups is 1. The molecule has 0 bridgehead atoms. The second-order valence-corrected chi connectivity index (χ2v) is 7.40. The summed E-state index contributed by atoms with van der Waals surface area (Å²) in [4.78, 5) is 1.71. The predicted octanol–water partition coefficient (Wildman–Crippen LogP) is 1.47. The third kappa shape index (κ3) is 3.06. The van der Waals surface area contributed by atoms with Gasteiger partial charge in [-0.2, -0.15) is 0 Å². The monoisotopic (exact) mass is 286 g/mol. The SMILES string of the molecule is C[C@H](N)c1ccc(N(C)C2CCS(=O)(=O)C2)c(F)c1. The maximum absolute atomic E-state index is 14.1. The van der Waals surface area contributed by atoms with Gasteiger partial charge in [-0.1, -0.05) is 6.07 Å². The number of nitrogens with two attached hydrogens (primary N) is 1. The van der Waals surface area contributed by atoms with E-state index in [1.54, 1.807) is 31.0 Å². The Kier molecular flexibility index (Phi) is 3.82. The van der Waals surface area contributed by atoms with Crippen molar-refractivity contribution in [3.05, 3.63) is 29.6 Å². The van der Waals surface area contributed by atoms with Crippen LogP contribution in [0.3, 0.4) is 0 Å². The zero-order valence-electron chi connectivity index (χ0n) is 11.1. The molecule has 0 aliphatic carbocycles. The molecule has 2 rings (SSSR count). The van der Waals surface area contributed by atoms with Crippen LogP contribution in [-0.4, -0.2) is 33.0 Å². The Morgan fingerprint density at radius 3 is 2.63 bits per heavy atom. The van der Waals surface area contributed by atoms with Gasteiger partial charge in [0.2, 0.25) is 0 Å². The zero-order chi connectivity index (χ0) is 14.2. The van der Waals surface area contributed by atoms with Crippen LogP contribution < -0.4 is 10.6 Å². The van der Waals surface area contributed by atoms with Crippen LogP contribution in [0.5, 0.6) is 0 Å². The highest BCUT2D eigenvalue weighted by Gasteiger charge is 2.31. The van der Waals surface area contributed by atoms with E-state index in [2.05, 4.69) is 0 Å². The number of hydrogen-bond acceptors (Lipinski definition) is 4. The molecule has 1 aromatic carbocycles. The van der Waals surface area contributed by atoms with Crippen molar-refractivity contribution in [2.45, 2.75) is 25.4 Å². The molecular formula is C13H19FN2O2S. The van der Waals surface area contributed by atoms with E-state index < -0.39 is 9.84 Å². The molecule has 1 aliphatic heterocycles. The van der Waals surface area contributed by atoms with Crippen molar-refractivity contribution in [2.24, 2.45) is 5.73 Å². The summed E-state index contributed by atoms with van der Waals surface area (Å²) >= 11 is 0. The van der Waals surface area contributed by atoms with Gasteiger partial charge in [0.15, 0.2) is 9.84 Å². The minimum absolute atomic E-state index is 0.0952. The summed E-state index contributed by atoms with van der Waals surface area (Å²) in [5, 5.41) is 0. The van der Waals surface area contributed by atoms with E-state index in [0.29, 0.717) is 12.1 Å². The molecule has 2 atom stereocenters. The summed E-state index contributed by atoms with van der Waals surface area (Å²) < 4.78 is 37.0. The van der Waals surface area contributed by atoms with Crippen LogP contribution in [0.4, 0.5) is 10.1 Å². The van der Waals surface area contributed by atoms with E-state index in [9.17, 15) is 12.8 Å². The number of benzene rings is 1. The Bertz CT molecular complexity index is 572. The molecule has 19 heavy (non-hydrogen) atoms. The van der Waals surface area contributed by atoms with Gasteiger partial charge in [-0.3, -0.25) is 0 Å². The van der Waals surface area contributed by atoms with Gasteiger partial charge in [-0.25, -0.2) is 12.8 Å². The van der Waals surface area contributed by atoms with Crippen molar-refractivity contribution in [3.63, 3.8) is 0 Å². The smallest absolute Gasteiger partial charge is 0.152 e. The highest BCUT2D eigenvalue weighted by molar-refractivity contribution is 7.91. The molecule has 4 nitrogen and oxygen atoms in total. The van der Waals surface area contributed by atoms with Gasteiger partial charge in [0.25, 0.3) is 0 Å². The average Bonchev–Trinajstić information content (AvgIpc) is 2.68. The maximum Gasteiger partial charge on any atom is 0.152 e. The van der Waals surface area contributed by atoms with Crippen molar-refractivity contribution in [1.82, 2.24) is 0 Å². The van der Waals surface area contributed by atoms with Crippen LogP contribution in [0, 0.1) is 5.82 Å². The molecule has 0 saturated carbocycles. The summed E-state index contributed by atoms with van der Waals surface area (Å²) in [5.41, 5.74) is 6.86. The van der Waals surface area contributed by atoms with Crippen LogP contribution in [0.1, 0.15) is 24.9 Å². The van der Waals surface area contributed by atoms with Crippen LogP contribution >= 0.6 is 0 Å². The lowest BCUT2D eigenvalue weighted by Gasteiger charge is -2.26. The maximum atomic E-state index is 14.1. The largest absolute Gasteiger partial charge is 0.368 e. The van der Waals surface area contributed by atoms with Crippen LogP contribution in [-0.2, 0) is 9.84 Å². The van der Waals surface area contributed by atoms with E-state index in [0.717, 1.165) is 5.56 Å². The van der Waals surface area contributed by atoms with Crippen molar-refractivity contribution < 1.29 is 12.8 Å². The molecule has 0 radical (unpaired) electrons. The van der Waals surface area contributed by atoms with Gasteiger partial charge in [0.05, 0.1) is 17.2 Å². The summed E-state index contributed by atoms with van der Waals surface area (Å²) in [6, 6.07) is 4.49. The molecule has 1 unspecified atom stereocenters. The van der Waals surface area contributed by atoms with Gasteiger partial charge in [0, 0.05) is 19.1 Å². The van der Waals surface area contributed by atoms with Crippen LogP contribution in [0.2, 0.25) is 0 Å². The highest BCUT2D eigenvalue weighted by Crippen LogP contribution is 2.27. The Hall–Kier alpha value is -1.14. The summed E-state index contributed by atoms with van der Waals surface area (Å²) in [7, 11) is -1.24. The van der Waals surface area contributed by atoms with Crippen molar-refractivity contribution in [2.75, 3.05) is 23.5 Å². The fraction of sp³-hybridized carbons (Fsp3) is 0.538. The number of nitrogens with zero attached hydrogens (tertiary/aromatic N) is 1. The molecule has 1 saturated heterocycles. The number of hydrogen-bond donors (Lipinski definition) is 1. The molecule has 0 aromatic heterocycles. The fourth-order valence-corrected chi connectivity index (χ4v) is 4.14. The zero-order valence-corrected chi connectivity index (χ0v) is 12.0. The molecule has 1 fully saturated rings. The van der Waals surface area contributed by atoms with Gasteiger partial charge in [0.1, 0.15) is 5.82 Å². The first-order chi connectivity index (χ1) is 8.80. The molecular weight excluding hydrogens is 267 g/mol. The molecule has 1 aromatic rings. The predicted molar refractivity (Wildman–Crippen MR) is 74.5 cm³/mol. The summed E-state index contributed by atoms with van der Waals surface area (Å²) in [5.74, 6) is -0.0823. The molecule has 6 heteroatoms. The quantitative estimate of drug-likeness (QED) is 0.914. The minimum Gasteiger partial charge on any atom is -0.368 e. The fourth-order valence-electron chi connectivity index (χ4n) is 2.37. The van der Waals surface area contributed by atoms with E-state index in [1.165, 1.54) is 6.07 Å². The first-order valence-corrected chi connectivity index (χ1v) is 8.10. The second-order valence-electron chi connectivity index (χ2n) is 5.17. The third-order valence-corrected chi connectivity index (χ3v) is 5.38. The Morgan fingerprint density at radius 1 is 1.47 bits per heavy atom. The van der Waals surface area contributed by atoms with Crippen LogP contribution in [0.15, 0.2) is 18.2 Å². The number of halogens is 1. The molecule has 0 amide bonds. The van der Waals surface area contributed by atoms with E-state index in [1.807, 2.05) is 0 Å². The van der Waals surface area contributed by atoms with Crippen molar-refractivity contribution in [3.8, 4) is 0 Å². The first kappa shape index (κ1) is 14.3. The lowest BCUT2D eigenvalue weighted by atomic mass is 10.1. The summed E-state index contributed by atoms with van der Waals surface area (Å²) in [6.45, 7) is 1.79. The standard InChI is InChI=1S/C13H19FN2O2S/c1-9(15)10-3-4-13(12(14)7-10)16(2)11-5-6-19(17,18)8-11/h3-4,7,9,11H,5-6,8,15H2,1-2H3/t9-,11?/m0/s1. The van der Waals surface area contributed by atoms with E-state index in [4.69, 9.17) is 5.73 Å². The first-order valence-electron chi connectivity index (χ1n) is 6.28. The molecule has 2 N–H and O–H groups in total. The summed E-state index contributed by atoms with van der Waals surface area (Å²) in [6.07, 6.45) is 0.549. The van der Waals surface area contributed by atoms with E-state index in [-0.39, 0.29) is 29.4 Å². The average molecular weight is 286 g/mol. The number of anilines is 1. The third-order valence-electron chi connectivity index (χ3n) is 3.63. The van der Waals surface area contributed by atoms with Gasteiger partial charge in [-0.15, -0.1) is 0 Å². The lowest BCUT2D eigenvalue weighted by Crippen LogP contribution is -2.33. The molecule has 106 valence electrons. The lowest BCUT2D eigenvalue weighted by molar-refractivity contribution is 0.595. The second kappa shape index (κ2) is 5.09. The topological polar surface area (TPSA) is 63.4 Å². The van der Waals surface area contributed by atoms with E-state index >= 15 is 0 Å². The van der Waals surface area contributed by atoms with Gasteiger partial charge in [-0.05, 0) is 31.0 Å². The molecule has 1 heterocycles. The van der Waals surface area contributed by atoms with Gasteiger partial charge < -0.3 is 10.6 Å². The molecule has 1 aliphatic rings. The van der Waals surface area contributed by atoms with Crippen LogP contribution in [0.25, 0.3) is 0 Å². The number of rotatable bonds is 3.